The molecule has 1 amide bonds. The van der Waals surface area contributed by atoms with Crippen molar-refractivity contribution in [1.82, 2.24) is 10.2 Å². The number of likely N-dealkylation sites (tertiary alicyclic amines) is 1. The van der Waals surface area contributed by atoms with Crippen LogP contribution in [0.25, 0.3) is 0 Å². The Labute approximate surface area is 170 Å². The average molecular weight is 401 g/mol. The Morgan fingerprint density at radius 3 is 2.39 bits per heavy atom. The van der Waals surface area contributed by atoms with Crippen molar-refractivity contribution in [2.24, 2.45) is 0 Å². The second-order valence-electron chi connectivity index (χ2n) is 7.05. The number of amides is 1. The van der Waals surface area contributed by atoms with Gasteiger partial charge in [0.25, 0.3) is 5.91 Å². The number of nitrogens with zero attached hydrogens (tertiary/aromatic N) is 1. The third-order valence-electron chi connectivity index (χ3n) is 5.24. The van der Waals surface area contributed by atoms with Crippen LogP contribution in [0, 0.1) is 6.92 Å². The zero-order chi connectivity index (χ0) is 20.1. The zero-order valence-corrected chi connectivity index (χ0v) is 16.9. The van der Waals surface area contributed by atoms with E-state index in [0.29, 0.717) is 23.7 Å². The highest BCUT2D eigenvalue weighted by atomic mass is 35.5. The van der Waals surface area contributed by atoms with Gasteiger partial charge < -0.3 is 10.1 Å². The SMILES string of the molecule is COC(=O)C(c1ccccc1Cl)N1CCC(NC(=O)c2ccccc2C)CC1. The van der Waals surface area contributed by atoms with E-state index in [-0.39, 0.29) is 17.9 Å². The number of benzene rings is 2. The quantitative estimate of drug-likeness (QED) is 0.776. The highest BCUT2D eigenvalue weighted by Crippen LogP contribution is 2.30. The summed E-state index contributed by atoms with van der Waals surface area (Å²) in [5.74, 6) is -0.373. The van der Waals surface area contributed by atoms with E-state index in [2.05, 4.69) is 10.2 Å². The van der Waals surface area contributed by atoms with E-state index < -0.39 is 6.04 Å². The van der Waals surface area contributed by atoms with Crippen molar-refractivity contribution in [2.45, 2.75) is 31.8 Å². The number of aryl methyl sites for hydroxylation is 1. The number of nitrogens with one attached hydrogen (secondary N) is 1. The number of carbonyl (C=O) groups excluding carboxylic acids is 2. The smallest absolute Gasteiger partial charge is 0.327 e. The third kappa shape index (κ3) is 4.54. The first kappa shape index (κ1) is 20.4. The van der Waals surface area contributed by atoms with Gasteiger partial charge in [0.15, 0.2) is 0 Å². The Hall–Kier alpha value is -2.37. The predicted octanol–water partition coefficient (Wildman–Crippen LogP) is 3.76. The number of halogens is 1. The second kappa shape index (κ2) is 9.22. The number of esters is 1. The Bertz CT molecular complexity index is 847. The zero-order valence-electron chi connectivity index (χ0n) is 16.2. The molecule has 6 heteroatoms. The van der Waals surface area contributed by atoms with Crippen molar-refractivity contribution < 1.29 is 14.3 Å². The number of piperidine rings is 1. The van der Waals surface area contributed by atoms with E-state index in [1.165, 1.54) is 7.11 Å². The van der Waals surface area contributed by atoms with Crippen molar-refractivity contribution in [3.05, 3.63) is 70.2 Å². The van der Waals surface area contributed by atoms with Gasteiger partial charge in [-0.3, -0.25) is 9.69 Å². The van der Waals surface area contributed by atoms with Crippen LogP contribution in [-0.2, 0) is 9.53 Å². The first-order valence-corrected chi connectivity index (χ1v) is 9.82. The van der Waals surface area contributed by atoms with E-state index in [1.54, 1.807) is 6.07 Å². The van der Waals surface area contributed by atoms with Gasteiger partial charge in [0.1, 0.15) is 6.04 Å². The minimum atomic E-state index is -0.535. The summed E-state index contributed by atoms with van der Waals surface area (Å²) >= 11 is 6.33. The normalized spacial score (nSPS) is 16.4. The van der Waals surface area contributed by atoms with Crippen LogP contribution in [-0.4, -0.2) is 43.0 Å². The monoisotopic (exact) mass is 400 g/mol. The standard InChI is InChI=1S/C22H25ClN2O3/c1-15-7-3-4-8-17(15)21(26)24-16-11-13-25(14-12-16)20(22(27)28-2)18-9-5-6-10-19(18)23/h3-10,16,20H,11-14H2,1-2H3,(H,24,26). The molecule has 1 saturated heterocycles. The molecule has 2 aromatic carbocycles. The van der Waals surface area contributed by atoms with Crippen LogP contribution in [0.3, 0.4) is 0 Å². The summed E-state index contributed by atoms with van der Waals surface area (Å²) in [7, 11) is 1.39. The first-order chi connectivity index (χ1) is 13.5. The highest BCUT2D eigenvalue weighted by molar-refractivity contribution is 6.31. The molecule has 5 nitrogen and oxygen atoms in total. The Kier molecular flexibility index (Phi) is 6.70. The molecule has 1 aliphatic heterocycles. The molecule has 0 saturated carbocycles. The largest absolute Gasteiger partial charge is 0.468 e. The van der Waals surface area contributed by atoms with Gasteiger partial charge in [0.05, 0.1) is 7.11 Å². The molecule has 1 unspecified atom stereocenters. The van der Waals surface area contributed by atoms with Crippen molar-refractivity contribution >= 4 is 23.5 Å². The van der Waals surface area contributed by atoms with Crippen LogP contribution in [0.15, 0.2) is 48.5 Å². The number of carbonyl (C=O) groups is 2. The van der Waals surface area contributed by atoms with Crippen LogP contribution in [0.5, 0.6) is 0 Å². The maximum atomic E-state index is 12.6. The number of hydrogen-bond acceptors (Lipinski definition) is 4. The number of ether oxygens (including phenoxy) is 1. The maximum absolute atomic E-state index is 12.6. The minimum absolute atomic E-state index is 0.0489. The van der Waals surface area contributed by atoms with E-state index in [1.807, 2.05) is 49.4 Å². The molecule has 0 aromatic heterocycles. The lowest BCUT2D eigenvalue weighted by atomic mass is 9.98. The lowest BCUT2D eigenvalue weighted by Gasteiger charge is -2.36. The molecule has 1 atom stereocenters. The predicted molar refractivity (Wildman–Crippen MR) is 109 cm³/mol. The fourth-order valence-electron chi connectivity index (χ4n) is 3.67. The molecule has 148 valence electrons. The van der Waals surface area contributed by atoms with Crippen molar-refractivity contribution in [2.75, 3.05) is 20.2 Å². The molecule has 3 rings (SSSR count). The highest BCUT2D eigenvalue weighted by Gasteiger charge is 2.33. The lowest BCUT2D eigenvalue weighted by molar-refractivity contribution is -0.147. The van der Waals surface area contributed by atoms with Crippen molar-refractivity contribution in [3.63, 3.8) is 0 Å². The van der Waals surface area contributed by atoms with Gasteiger partial charge in [0.2, 0.25) is 0 Å². The molecule has 0 spiro atoms. The lowest BCUT2D eigenvalue weighted by Crippen LogP contribution is -2.47. The van der Waals surface area contributed by atoms with Crippen LogP contribution in [0.4, 0.5) is 0 Å². The van der Waals surface area contributed by atoms with Crippen LogP contribution in [0.1, 0.15) is 40.4 Å². The Morgan fingerprint density at radius 2 is 1.75 bits per heavy atom. The van der Waals surface area contributed by atoms with Crippen LogP contribution in [0.2, 0.25) is 5.02 Å². The maximum Gasteiger partial charge on any atom is 0.327 e. The van der Waals surface area contributed by atoms with Gasteiger partial charge in [0, 0.05) is 29.7 Å². The van der Waals surface area contributed by atoms with Gasteiger partial charge >= 0.3 is 5.97 Å². The summed E-state index contributed by atoms with van der Waals surface area (Å²) in [6.45, 7) is 3.27. The van der Waals surface area contributed by atoms with Crippen molar-refractivity contribution in [1.29, 1.82) is 0 Å². The molecular formula is C22H25ClN2O3. The fraction of sp³-hybridized carbons (Fsp3) is 0.364. The average Bonchev–Trinajstić information content (AvgIpc) is 2.71. The number of hydrogen-bond donors (Lipinski definition) is 1. The van der Waals surface area contributed by atoms with Gasteiger partial charge in [-0.15, -0.1) is 0 Å². The van der Waals surface area contributed by atoms with Gasteiger partial charge in [-0.1, -0.05) is 48.0 Å². The van der Waals surface area contributed by atoms with E-state index >= 15 is 0 Å². The molecule has 1 heterocycles. The Balaban J connectivity index is 1.66. The molecule has 0 bridgehead atoms. The van der Waals surface area contributed by atoms with E-state index in [9.17, 15) is 9.59 Å². The Morgan fingerprint density at radius 1 is 1.11 bits per heavy atom. The molecule has 1 N–H and O–H groups in total. The summed E-state index contributed by atoms with van der Waals surface area (Å²) in [4.78, 5) is 27.1. The fourth-order valence-corrected chi connectivity index (χ4v) is 3.91. The molecule has 28 heavy (non-hydrogen) atoms. The van der Waals surface area contributed by atoms with Crippen molar-refractivity contribution in [3.8, 4) is 0 Å². The summed E-state index contributed by atoms with van der Waals surface area (Å²) in [6.07, 6.45) is 1.52. The van der Waals surface area contributed by atoms with Gasteiger partial charge in [-0.05, 0) is 43.0 Å². The third-order valence-corrected chi connectivity index (χ3v) is 5.59. The van der Waals surface area contributed by atoms with E-state index in [4.69, 9.17) is 16.3 Å². The molecule has 0 radical (unpaired) electrons. The molecule has 2 aromatic rings. The van der Waals surface area contributed by atoms with Gasteiger partial charge in [-0.2, -0.15) is 0 Å². The first-order valence-electron chi connectivity index (χ1n) is 9.44. The number of methoxy groups -OCH3 is 1. The minimum Gasteiger partial charge on any atom is -0.468 e. The van der Waals surface area contributed by atoms with Gasteiger partial charge in [-0.25, -0.2) is 4.79 Å². The summed E-state index contributed by atoms with van der Waals surface area (Å²) < 4.78 is 5.03. The summed E-state index contributed by atoms with van der Waals surface area (Å²) in [5, 5.41) is 3.67. The number of rotatable bonds is 5. The molecule has 0 aliphatic carbocycles. The van der Waals surface area contributed by atoms with Crippen LogP contribution >= 0.6 is 11.6 Å². The summed E-state index contributed by atoms with van der Waals surface area (Å²) in [6, 6.07) is 14.4. The molecule has 1 fully saturated rings. The summed E-state index contributed by atoms with van der Waals surface area (Å²) in [5.41, 5.74) is 2.41. The van der Waals surface area contributed by atoms with Crippen LogP contribution < -0.4 is 5.32 Å². The molecular weight excluding hydrogens is 376 g/mol. The topological polar surface area (TPSA) is 58.6 Å². The molecule has 1 aliphatic rings. The second-order valence-corrected chi connectivity index (χ2v) is 7.45. The van der Waals surface area contributed by atoms with E-state index in [0.717, 1.165) is 24.0 Å².